The number of rotatable bonds is 3. The van der Waals surface area contributed by atoms with Gasteiger partial charge in [0.05, 0.1) is 11.6 Å². The van der Waals surface area contributed by atoms with Gasteiger partial charge in [-0.3, -0.25) is 0 Å². The van der Waals surface area contributed by atoms with Crippen LogP contribution in [-0.4, -0.2) is 13.1 Å². The fraction of sp³-hybridized carbons (Fsp3) is 0.462. The van der Waals surface area contributed by atoms with Crippen molar-refractivity contribution in [2.24, 2.45) is 0 Å². The first-order valence-electron chi connectivity index (χ1n) is 5.40. The van der Waals surface area contributed by atoms with Crippen LogP contribution in [0.4, 0.5) is 5.69 Å². The van der Waals surface area contributed by atoms with E-state index in [2.05, 4.69) is 36.9 Å². The molecule has 0 amide bonds. The van der Waals surface area contributed by atoms with Crippen LogP contribution in [0.5, 0.6) is 0 Å². The van der Waals surface area contributed by atoms with Crippen molar-refractivity contribution >= 4 is 5.69 Å². The Hall–Kier alpha value is -1.49. The molecular weight excluding hydrogens is 184 g/mol. The molecule has 0 saturated carbocycles. The van der Waals surface area contributed by atoms with Gasteiger partial charge in [-0.1, -0.05) is 0 Å². The molecule has 0 fully saturated rings. The van der Waals surface area contributed by atoms with E-state index in [1.54, 1.807) is 0 Å². The lowest BCUT2D eigenvalue weighted by Gasteiger charge is -2.22. The first-order valence-corrected chi connectivity index (χ1v) is 5.40. The molecule has 0 atom stereocenters. The quantitative estimate of drug-likeness (QED) is 0.753. The molecule has 0 aliphatic heterocycles. The minimum absolute atomic E-state index is 0.811. The molecule has 0 spiro atoms. The fourth-order valence-corrected chi connectivity index (χ4v) is 1.89. The monoisotopic (exact) mass is 202 g/mol. The molecule has 0 radical (unpaired) electrons. The van der Waals surface area contributed by atoms with Crippen LogP contribution in [0.25, 0.3) is 0 Å². The van der Waals surface area contributed by atoms with E-state index in [9.17, 15) is 0 Å². The van der Waals surface area contributed by atoms with Gasteiger partial charge in [-0.05, 0) is 51.0 Å². The molecule has 2 nitrogen and oxygen atoms in total. The lowest BCUT2D eigenvalue weighted by molar-refractivity contribution is 0.864. The summed E-state index contributed by atoms with van der Waals surface area (Å²) in [6, 6.07) is 6.44. The Morgan fingerprint density at radius 3 is 1.93 bits per heavy atom. The van der Waals surface area contributed by atoms with Crippen molar-refractivity contribution in [1.82, 2.24) is 0 Å². The highest BCUT2D eigenvalue weighted by molar-refractivity contribution is 5.57. The second kappa shape index (κ2) is 4.84. The zero-order chi connectivity index (χ0) is 11.4. The van der Waals surface area contributed by atoms with Gasteiger partial charge in [-0.15, -0.1) is 0 Å². The van der Waals surface area contributed by atoms with Crippen LogP contribution >= 0.6 is 0 Å². The van der Waals surface area contributed by atoms with Gasteiger partial charge in [0.2, 0.25) is 0 Å². The third-order valence-corrected chi connectivity index (χ3v) is 2.76. The molecule has 80 valence electrons. The summed E-state index contributed by atoms with van der Waals surface area (Å²) < 4.78 is 0. The maximum atomic E-state index is 8.98. The van der Waals surface area contributed by atoms with Crippen LogP contribution in [-0.2, 0) is 0 Å². The summed E-state index contributed by atoms with van der Waals surface area (Å²) >= 11 is 0. The van der Waals surface area contributed by atoms with Crippen molar-refractivity contribution in [2.45, 2.75) is 27.7 Å². The van der Waals surface area contributed by atoms with Gasteiger partial charge in [0.25, 0.3) is 0 Å². The Kier molecular flexibility index (Phi) is 3.74. The van der Waals surface area contributed by atoms with Crippen LogP contribution in [0.15, 0.2) is 12.1 Å². The fourth-order valence-electron chi connectivity index (χ4n) is 1.89. The van der Waals surface area contributed by atoms with Crippen molar-refractivity contribution in [3.05, 3.63) is 28.8 Å². The molecule has 0 aliphatic rings. The second-order valence-electron chi connectivity index (χ2n) is 3.74. The van der Waals surface area contributed by atoms with Crippen molar-refractivity contribution in [3.63, 3.8) is 0 Å². The Bertz CT molecular complexity index is 361. The predicted octanol–water partition coefficient (Wildman–Crippen LogP) is 3.02. The molecule has 1 rings (SSSR count). The van der Waals surface area contributed by atoms with Crippen LogP contribution in [0.1, 0.15) is 30.5 Å². The van der Waals surface area contributed by atoms with E-state index in [0.717, 1.165) is 29.8 Å². The zero-order valence-corrected chi connectivity index (χ0v) is 9.96. The summed E-state index contributed by atoms with van der Waals surface area (Å²) in [5, 5.41) is 8.98. The minimum Gasteiger partial charge on any atom is -0.372 e. The van der Waals surface area contributed by atoms with Gasteiger partial charge in [0.15, 0.2) is 0 Å². The molecule has 0 bridgehead atoms. The number of nitriles is 1. The van der Waals surface area contributed by atoms with Gasteiger partial charge in [0, 0.05) is 18.8 Å². The Labute approximate surface area is 92.1 Å². The molecular formula is C13H18N2. The molecule has 0 heterocycles. The summed E-state index contributed by atoms with van der Waals surface area (Å²) in [7, 11) is 0. The van der Waals surface area contributed by atoms with E-state index < -0.39 is 0 Å². The van der Waals surface area contributed by atoms with Gasteiger partial charge in [-0.25, -0.2) is 0 Å². The maximum absolute atomic E-state index is 8.98. The summed E-state index contributed by atoms with van der Waals surface area (Å²) in [5.74, 6) is 0. The van der Waals surface area contributed by atoms with E-state index in [1.165, 1.54) is 5.69 Å². The Morgan fingerprint density at radius 2 is 1.60 bits per heavy atom. The number of nitrogens with zero attached hydrogens (tertiary/aromatic N) is 2. The largest absolute Gasteiger partial charge is 0.372 e. The van der Waals surface area contributed by atoms with E-state index in [0.29, 0.717) is 0 Å². The highest BCUT2D eigenvalue weighted by atomic mass is 15.1. The lowest BCUT2D eigenvalue weighted by Crippen LogP contribution is -2.22. The molecule has 1 aromatic carbocycles. The van der Waals surface area contributed by atoms with Crippen molar-refractivity contribution in [3.8, 4) is 6.07 Å². The third kappa shape index (κ3) is 2.30. The van der Waals surface area contributed by atoms with Crippen LogP contribution in [0, 0.1) is 25.2 Å². The normalized spacial score (nSPS) is 9.80. The first-order chi connectivity index (χ1) is 7.13. The van der Waals surface area contributed by atoms with Gasteiger partial charge in [0.1, 0.15) is 0 Å². The molecule has 0 aromatic heterocycles. The van der Waals surface area contributed by atoms with Gasteiger partial charge < -0.3 is 4.90 Å². The Balaban J connectivity index is 3.20. The topological polar surface area (TPSA) is 27.0 Å². The summed E-state index contributed by atoms with van der Waals surface area (Å²) in [6.45, 7) is 10.3. The van der Waals surface area contributed by atoms with E-state index in [1.807, 2.05) is 13.8 Å². The summed E-state index contributed by atoms with van der Waals surface area (Å²) in [5.41, 5.74) is 4.17. The Morgan fingerprint density at radius 1 is 1.13 bits per heavy atom. The number of aryl methyl sites for hydroxylation is 2. The standard InChI is InChI=1S/C13H18N2/c1-5-15(6-2)12-7-10(3)13(9-14)11(4)8-12/h7-8H,5-6H2,1-4H3. The number of hydrogen-bond acceptors (Lipinski definition) is 2. The predicted molar refractivity (Wildman–Crippen MR) is 64.2 cm³/mol. The van der Waals surface area contributed by atoms with Crippen molar-refractivity contribution in [1.29, 1.82) is 5.26 Å². The number of hydrogen-bond donors (Lipinski definition) is 0. The summed E-state index contributed by atoms with van der Waals surface area (Å²) in [4.78, 5) is 2.29. The van der Waals surface area contributed by atoms with Gasteiger partial charge in [-0.2, -0.15) is 5.26 Å². The number of anilines is 1. The average Bonchev–Trinajstić information content (AvgIpc) is 2.19. The maximum Gasteiger partial charge on any atom is 0.0997 e. The van der Waals surface area contributed by atoms with Crippen molar-refractivity contribution < 1.29 is 0 Å². The van der Waals surface area contributed by atoms with Crippen LogP contribution < -0.4 is 4.90 Å². The van der Waals surface area contributed by atoms with E-state index >= 15 is 0 Å². The molecule has 0 saturated heterocycles. The SMILES string of the molecule is CCN(CC)c1cc(C)c(C#N)c(C)c1. The average molecular weight is 202 g/mol. The molecule has 2 heteroatoms. The smallest absolute Gasteiger partial charge is 0.0997 e. The molecule has 1 aromatic rings. The van der Waals surface area contributed by atoms with Crippen LogP contribution in [0.2, 0.25) is 0 Å². The van der Waals surface area contributed by atoms with Crippen molar-refractivity contribution in [2.75, 3.05) is 18.0 Å². The van der Waals surface area contributed by atoms with Gasteiger partial charge >= 0.3 is 0 Å². The molecule has 0 aliphatic carbocycles. The zero-order valence-electron chi connectivity index (χ0n) is 9.96. The van der Waals surface area contributed by atoms with E-state index in [4.69, 9.17) is 5.26 Å². The highest BCUT2D eigenvalue weighted by Gasteiger charge is 2.07. The molecule has 0 unspecified atom stereocenters. The first kappa shape index (κ1) is 11.6. The molecule has 0 N–H and O–H groups in total. The third-order valence-electron chi connectivity index (χ3n) is 2.76. The highest BCUT2D eigenvalue weighted by Crippen LogP contribution is 2.22. The summed E-state index contributed by atoms with van der Waals surface area (Å²) in [6.07, 6.45) is 0. The van der Waals surface area contributed by atoms with E-state index in [-0.39, 0.29) is 0 Å². The minimum atomic E-state index is 0.811. The van der Waals surface area contributed by atoms with Crippen LogP contribution in [0.3, 0.4) is 0 Å². The molecule has 15 heavy (non-hydrogen) atoms. The number of benzene rings is 1. The second-order valence-corrected chi connectivity index (χ2v) is 3.74. The lowest BCUT2D eigenvalue weighted by atomic mass is 10.0.